The molecule has 160 valence electrons. The molecule has 2 aromatic carbocycles. The van der Waals surface area contributed by atoms with Crippen LogP contribution in [0.3, 0.4) is 0 Å². The molecule has 1 saturated heterocycles. The Kier molecular flexibility index (Phi) is 6.31. The molecular formula is C22H20FN3O4S. The van der Waals surface area contributed by atoms with E-state index in [1.54, 1.807) is 36.1 Å². The van der Waals surface area contributed by atoms with Crippen LogP contribution in [0.2, 0.25) is 0 Å². The molecule has 1 amide bonds. The van der Waals surface area contributed by atoms with Crippen LogP contribution >= 0.6 is 11.8 Å². The fourth-order valence-corrected chi connectivity index (χ4v) is 3.83. The Labute approximate surface area is 182 Å². The first-order valence-corrected chi connectivity index (χ1v) is 10.8. The van der Waals surface area contributed by atoms with Crippen molar-refractivity contribution in [2.24, 2.45) is 0 Å². The lowest BCUT2D eigenvalue weighted by Crippen LogP contribution is -2.23. The van der Waals surface area contributed by atoms with Gasteiger partial charge < -0.3 is 14.1 Å². The van der Waals surface area contributed by atoms with Crippen molar-refractivity contribution in [3.8, 4) is 5.75 Å². The quantitative estimate of drug-likeness (QED) is 0.377. The second kappa shape index (κ2) is 9.30. The standard InChI is InChI=1S/C22H20FN3O4S/c1-14(29-18-10-6-16(23)7-11-18)21-24-25-22(30-21)31-13-19(27)15-4-8-17(9-5-15)26-12-2-3-20(26)28/h4-11,14H,2-3,12-13H2,1H3/t14-/m1/s1. The number of thioether (sulfide) groups is 1. The summed E-state index contributed by atoms with van der Waals surface area (Å²) in [4.78, 5) is 26.0. The number of ether oxygens (including phenoxy) is 1. The molecule has 0 radical (unpaired) electrons. The average Bonchev–Trinajstić information content (AvgIpc) is 3.43. The van der Waals surface area contributed by atoms with Crippen molar-refractivity contribution in [3.63, 3.8) is 0 Å². The molecule has 1 aromatic heterocycles. The number of amides is 1. The molecule has 9 heteroatoms. The van der Waals surface area contributed by atoms with E-state index < -0.39 is 6.10 Å². The third kappa shape index (κ3) is 5.11. The lowest BCUT2D eigenvalue weighted by molar-refractivity contribution is -0.117. The van der Waals surface area contributed by atoms with Crippen LogP contribution in [0.4, 0.5) is 10.1 Å². The number of ketones is 1. The zero-order chi connectivity index (χ0) is 21.8. The van der Waals surface area contributed by atoms with E-state index in [-0.39, 0.29) is 34.4 Å². The van der Waals surface area contributed by atoms with Crippen molar-refractivity contribution >= 4 is 29.1 Å². The predicted octanol–water partition coefficient (Wildman–Crippen LogP) is 4.45. The van der Waals surface area contributed by atoms with Crippen molar-refractivity contribution in [1.29, 1.82) is 0 Å². The molecule has 0 spiro atoms. The first kappa shape index (κ1) is 21.0. The van der Waals surface area contributed by atoms with Crippen LogP contribution in [0.1, 0.15) is 42.1 Å². The Bertz CT molecular complexity index is 1070. The highest BCUT2D eigenvalue weighted by molar-refractivity contribution is 7.99. The van der Waals surface area contributed by atoms with Gasteiger partial charge in [0, 0.05) is 24.2 Å². The number of aromatic nitrogens is 2. The zero-order valence-corrected chi connectivity index (χ0v) is 17.6. The molecule has 4 rings (SSSR count). The minimum atomic E-state index is -0.524. The summed E-state index contributed by atoms with van der Waals surface area (Å²) in [6.45, 7) is 2.45. The van der Waals surface area contributed by atoms with E-state index in [4.69, 9.17) is 9.15 Å². The molecule has 1 aliphatic rings. The number of halogens is 1. The van der Waals surface area contributed by atoms with Gasteiger partial charge in [0.15, 0.2) is 11.9 Å². The van der Waals surface area contributed by atoms with Gasteiger partial charge in [-0.2, -0.15) is 0 Å². The highest BCUT2D eigenvalue weighted by atomic mass is 32.2. The summed E-state index contributed by atoms with van der Waals surface area (Å²) in [7, 11) is 0. The largest absolute Gasteiger partial charge is 0.481 e. The number of carbonyl (C=O) groups is 2. The molecule has 0 N–H and O–H groups in total. The lowest BCUT2D eigenvalue weighted by Gasteiger charge is -2.15. The molecule has 0 aliphatic carbocycles. The van der Waals surface area contributed by atoms with E-state index in [2.05, 4.69) is 10.2 Å². The van der Waals surface area contributed by atoms with Crippen molar-refractivity contribution in [2.75, 3.05) is 17.2 Å². The molecule has 0 unspecified atom stereocenters. The first-order chi connectivity index (χ1) is 15.0. The van der Waals surface area contributed by atoms with Gasteiger partial charge in [0.25, 0.3) is 11.1 Å². The van der Waals surface area contributed by atoms with E-state index in [0.717, 1.165) is 23.9 Å². The van der Waals surface area contributed by atoms with Gasteiger partial charge in [0.2, 0.25) is 5.91 Å². The van der Waals surface area contributed by atoms with Gasteiger partial charge in [0.05, 0.1) is 5.75 Å². The van der Waals surface area contributed by atoms with Crippen molar-refractivity contribution in [2.45, 2.75) is 31.1 Å². The first-order valence-electron chi connectivity index (χ1n) is 9.81. The van der Waals surface area contributed by atoms with Crippen LogP contribution in [0.15, 0.2) is 58.2 Å². The second-order valence-electron chi connectivity index (χ2n) is 7.03. The molecule has 1 fully saturated rings. The lowest BCUT2D eigenvalue weighted by atomic mass is 10.1. The van der Waals surface area contributed by atoms with Gasteiger partial charge in [-0.25, -0.2) is 4.39 Å². The average molecular weight is 441 g/mol. The van der Waals surface area contributed by atoms with Crippen LogP contribution < -0.4 is 9.64 Å². The number of hydrogen-bond acceptors (Lipinski definition) is 7. The van der Waals surface area contributed by atoms with Gasteiger partial charge in [-0.15, -0.1) is 10.2 Å². The summed E-state index contributed by atoms with van der Waals surface area (Å²) >= 11 is 1.14. The number of anilines is 1. The van der Waals surface area contributed by atoms with E-state index in [0.29, 0.717) is 24.3 Å². The van der Waals surface area contributed by atoms with Gasteiger partial charge >= 0.3 is 0 Å². The fourth-order valence-electron chi connectivity index (χ4n) is 3.17. The summed E-state index contributed by atoms with van der Waals surface area (Å²) < 4.78 is 24.2. The van der Waals surface area contributed by atoms with Crippen molar-refractivity contribution in [1.82, 2.24) is 10.2 Å². The molecule has 1 aliphatic heterocycles. The Balaban J connectivity index is 1.31. The molecule has 0 saturated carbocycles. The summed E-state index contributed by atoms with van der Waals surface area (Å²) in [6, 6.07) is 12.7. The normalized spacial score (nSPS) is 14.6. The number of benzene rings is 2. The Morgan fingerprint density at radius 1 is 1.19 bits per heavy atom. The van der Waals surface area contributed by atoms with Crippen molar-refractivity contribution in [3.05, 3.63) is 65.8 Å². The van der Waals surface area contributed by atoms with Gasteiger partial charge in [-0.3, -0.25) is 9.59 Å². The van der Waals surface area contributed by atoms with Crippen LogP contribution in [-0.2, 0) is 4.79 Å². The molecule has 31 heavy (non-hydrogen) atoms. The SMILES string of the molecule is C[C@@H](Oc1ccc(F)cc1)c1nnc(SCC(=O)c2ccc(N3CCCC3=O)cc2)o1. The third-order valence-electron chi connectivity index (χ3n) is 4.80. The Hall–Kier alpha value is -3.20. The van der Waals surface area contributed by atoms with E-state index in [1.165, 1.54) is 24.3 Å². The molecule has 0 bridgehead atoms. The highest BCUT2D eigenvalue weighted by Crippen LogP contribution is 2.25. The van der Waals surface area contributed by atoms with E-state index in [1.807, 2.05) is 0 Å². The van der Waals surface area contributed by atoms with Crippen LogP contribution in [0.5, 0.6) is 5.75 Å². The second-order valence-corrected chi connectivity index (χ2v) is 7.95. The monoisotopic (exact) mass is 441 g/mol. The minimum absolute atomic E-state index is 0.0836. The third-order valence-corrected chi connectivity index (χ3v) is 5.62. The van der Waals surface area contributed by atoms with Gasteiger partial charge in [-0.1, -0.05) is 11.8 Å². The summed E-state index contributed by atoms with van der Waals surface area (Å²) in [6.07, 6.45) is 0.899. The maximum atomic E-state index is 13.0. The maximum Gasteiger partial charge on any atom is 0.277 e. The summed E-state index contributed by atoms with van der Waals surface area (Å²) in [5, 5.41) is 8.16. The zero-order valence-electron chi connectivity index (χ0n) is 16.8. The molecule has 7 nitrogen and oxygen atoms in total. The maximum absolute atomic E-state index is 13.0. The smallest absolute Gasteiger partial charge is 0.277 e. The van der Waals surface area contributed by atoms with E-state index >= 15 is 0 Å². The number of Topliss-reactive ketones (excluding diaryl/α,β-unsaturated/α-hetero) is 1. The molecular weight excluding hydrogens is 421 g/mol. The minimum Gasteiger partial charge on any atom is -0.481 e. The Morgan fingerprint density at radius 3 is 2.61 bits per heavy atom. The topological polar surface area (TPSA) is 85.5 Å². The van der Waals surface area contributed by atoms with Gasteiger partial charge in [-0.05, 0) is 61.9 Å². The van der Waals surface area contributed by atoms with Gasteiger partial charge in [0.1, 0.15) is 11.6 Å². The Morgan fingerprint density at radius 2 is 1.94 bits per heavy atom. The molecule has 2 heterocycles. The number of rotatable bonds is 8. The van der Waals surface area contributed by atoms with Crippen LogP contribution in [0, 0.1) is 5.82 Å². The van der Waals surface area contributed by atoms with Crippen LogP contribution in [-0.4, -0.2) is 34.2 Å². The summed E-state index contributed by atoms with van der Waals surface area (Å²) in [5.41, 5.74) is 1.36. The summed E-state index contributed by atoms with van der Waals surface area (Å²) in [5.74, 6) is 0.561. The van der Waals surface area contributed by atoms with Crippen LogP contribution in [0.25, 0.3) is 0 Å². The highest BCUT2D eigenvalue weighted by Gasteiger charge is 2.22. The number of nitrogens with zero attached hydrogens (tertiary/aromatic N) is 3. The predicted molar refractivity (Wildman–Crippen MR) is 113 cm³/mol. The fraction of sp³-hybridized carbons (Fsp3) is 0.273. The molecule has 3 aromatic rings. The van der Waals surface area contributed by atoms with Crippen molar-refractivity contribution < 1.29 is 23.1 Å². The number of carbonyl (C=O) groups excluding carboxylic acids is 2. The molecule has 1 atom stereocenters. The number of hydrogen-bond donors (Lipinski definition) is 0. The van der Waals surface area contributed by atoms with E-state index in [9.17, 15) is 14.0 Å².